The molecule has 1 heterocycles. The predicted octanol–water partition coefficient (Wildman–Crippen LogP) is 1.97. The number of hydrogen-bond donors (Lipinski definition) is 2. The van der Waals surface area contributed by atoms with Gasteiger partial charge in [-0.15, -0.1) is 0 Å². The van der Waals surface area contributed by atoms with Crippen LogP contribution >= 0.6 is 0 Å². The standard InChI is InChI=1S/C15H30N4/c1-16-15(18-14-8-3-2-4-9-14)17-10-7-13-19-11-5-6-12-19/h14H,2-13H2,1H3,(H2,16,17,18). The molecule has 2 aliphatic rings. The van der Waals surface area contributed by atoms with E-state index < -0.39 is 0 Å². The van der Waals surface area contributed by atoms with Gasteiger partial charge in [-0.1, -0.05) is 19.3 Å². The second-order valence-corrected chi connectivity index (χ2v) is 5.88. The fourth-order valence-corrected chi connectivity index (χ4v) is 3.15. The summed E-state index contributed by atoms with van der Waals surface area (Å²) in [5.41, 5.74) is 0. The number of nitrogens with zero attached hydrogens (tertiary/aromatic N) is 2. The van der Waals surface area contributed by atoms with Crippen LogP contribution < -0.4 is 10.6 Å². The number of rotatable bonds is 5. The first kappa shape index (κ1) is 14.6. The van der Waals surface area contributed by atoms with E-state index in [1.54, 1.807) is 0 Å². The van der Waals surface area contributed by atoms with Crippen LogP contribution in [0.5, 0.6) is 0 Å². The average Bonchev–Trinajstić information content (AvgIpc) is 2.96. The highest BCUT2D eigenvalue weighted by Crippen LogP contribution is 2.17. The highest BCUT2D eigenvalue weighted by Gasteiger charge is 2.14. The number of nitrogens with one attached hydrogen (secondary N) is 2. The first-order valence-corrected chi connectivity index (χ1v) is 8.08. The van der Waals surface area contributed by atoms with Gasteiger partial charge >= 0.3 is 0 Å². The minimum atomic E-state index is 0.638. The first-order valence-electron chi connectivity index (χ1n) is 8.08. The molecule has 0 radical (unpaired) electrons. The van der Waals surface area contributed by atoms with E-state index in [1.807, 2.05) is 7.05 Å². The van der Waals surface area contributed by atoms with Crippen molar-refractivity contribution in [1.82, 2.24) is 15.5 Å². The van der Waals surface area contributed by atoms with Gasteiger partial charge in [-0.25, -0.2) is 0 Å². The van der Waals surface area contributed by atoms with Crippen LogP contribution in [0.2, 0.25) is 0 Å². The molecule has 1 aliphatic carbocycles. The number of guanidine groups is 1. The van der Waals surface area contributed by atoms with Crippen LogP contribution in [-0.2, 0) is 0 Å². The van der Waals surface area contributed by atoms with Crippen molar-refractivity contribution in [3.63, 3.8) is 0 Å². The lowest BCUT2D eigenvalue weighted by Gasteiger charge is -2.25. The molecular formula is C15H30N4. The summed E-state index contributed by atoms with van der Waals surface area (Å²) in [6.07, 6.45) is 10.7. The highest BCUT2D eigenvalue weighted by atomic mass is 15.2. The third-order valence-electron chi connectivity index (χ3n) is 4.31. The molecule has 110 valence electrons. The number of aliphatic imine (C=N–C) groups is 1. The summed E-state index contributed by atoms with van der Waals surface area (Å²) in [5, 5.41) is 7.01. The maximum atomic E-state index is 4.33. The van der Waals surface area contributed by atoms with Gasteiger partial charge in [0.2, 0.25) is 0 Å². The van der Waals surface area contributed by atoms with E-state index in [4.69, 9.17) is 0 Å². The van der Waals surface area contributed by atoms with Crippen LogP contribution in [0.4, 0.5) is 0 Å². The van der Waals surface area contributed by atoms with Crippen LogP contribution in [-0.4, -0.2) is 50.1 Å². The van der Waals surface area contributed by atoms with E-state index in [2.05, 4.69) is 20.5 Å². The summed E-state index contributed by atoms with van der Waals surface area (Å²) in [6, 6.07) is 0.638. The minimum Gasteiger partial charge on any atom is -0.356 e. The van der Waals surface area contributed by atoms with Crippen molar-refractivity contribution in [2.45, 2.75) is 57.4 Å². The summed E-state index contributed by atoms with van der Waals surface area (Å²) in [4.78, 5) is 6.90. The molecule has 1 saturated heterocycles. The van der Waals surface area contributed by atoms with Crippen LogP contribution in [0.15, 0.2) is 4.99 Å². The lowest BCUT2D eigenvalue weighted by atomic mass is 9.96. The van der Waals surface area contributed by atoms with Crippen molar-refractivity contribution >= 4 is 5.96 Å². The molecule has 4 heteroatoms. The molecule has 0 spiro atoms. The number of hydrogen-bond acceptors (Lipinski definition) is 2. The Morgan fingerprint density at radius 3 is 2.53 bits per heavy atom. The SMILES string of the molecule is CN=C(NCCCN1CCCC1)NC1CCCCC1. The van der Waals surface area contributed by atoms with Gasteiger partial charge in [0.05, 0.1) is 0 Å². The van der Waals surface area contributed by atoms with Crippen LogP contribution in [0.3, 0.4) is 0 Å². The Hall–Kier alpha value is -0.770. The van der Waals surface area contributed by atoms with Crippen molar-refractivity contribution < 1.29 is 0 Å². The topological polar surface area (TPSA) is 39.7 Å². The van der Waals surface area contributed by atoms with Crippen molar-refractivity contribution in [2.75, 3.05) is 33.2 Å². The van der Waals surface area contributed by atoms with E-state index in [-0.39, 0.29) is 0 Å². The highest BCUT2D eigenvalue weighted by molar-refractivity contribution is 5.79. The van der Waals surface area contributed by atoms with Gasteiger partial charge in [-0.3, -0.25) is 4.99 Å². The van der Waals surface area contributed by atoms with Crippen molar-refractivity contribution in [3.8, 4) is 0 Å². The summed E-state index contributed by atoms with van der Waals surface area (Å²) in [6.45, 7) is 4.86. The molecule has 0 atom stereocenters. The Labute approximate surface area is 118 Å². The zero-order valence-corrected chi connectivity index (χ0v) is 12.5. The number of likely N-dealkylation sites (tertiary alicyclic amines) is 1. The molecule has 0 aromatic heterocycles. The van der Waals surface area contributed by atoms with Gasteiger partial charge in [-0.05, 0) is 51.7 Å². The Morgan fingerprint density at radius 2 is 1.84 bits per heavy atom. The van der Waals surface area contributed by atoms with Crippen molar-refractivity contribution in [2.24, 2.45) is 4.99 Å². The summed E-state index contributed by atoms with van der Waals surface area (Å²) in [7, 11) is 1.87. The smallest absolute Gasteiger partial charge is 0.191 e. The Morgan fingerprint density at radius 1 is 1.11 bits per heavy atom. The monoisotopic (exact) mass is 266 g/mol. The largest absolute Gasteiger partial charge is 0.356 e. The second kappa shape index (κ2) is 8.41. The Kier molecular flexibility index (Phi) is 6.48. The van der Waals surface area contributed by atoms with E-state index in [0.717, 1.165) is 12.5 Å². The van der Waals surface area contributed by atoms with Crippen LogP contribution in [0.25, 0.3) is 0 Å². The van der Waals surface area contributed by atoms with Gasteiger partial charge in [0, 0.05) is 19.6 Å². The van der Waals surface area contributed by atoms with E-state index in [9.17, 15) is 0 Å². The molecule has 19 heavy (non-hydrogen) atoms. The zero-order chi connectivity index (χ0) is 13.3. The Bertz CT molecular complexity index is 265. The fourth-order valence-electron chi connectivity index (χ4n) is 3.15. The molecule has 2 fully saturated rings. The summed E-state index contributed by atoms with van der Waals surface area (Å²) < 4.78 is 0. The molecule has 1 saturated carbocycles. The molecule has 0 unspecified atom stereocenters. The normalized spacial score (nSPS) is 22.7. The van der Waals surface area contributed by atoms with Crippen molar-refractivity contribution in [1.29, 1.82) is 0 Å². The third-order valence-corrected chi connectivity index (χ3v) is 4.31. The quantitative estimate of drug-likeness (QED) is 0.454. The van der Waals surface area contributed by atoms with E-state index in [0.29, 0.717) is 6.04 Å². The van der Waals surface area contributed by atoms with Gasteiger partial charge in [0.15, 0.2) is 5.96 Å². The zero-order valence-electron chi connectivity index (χ0n) is 12.5. The molecule has 0 aromatic rings. The van der Waals surface area contributed by atoms with E-state index >= 15 is 0 Å². The fraction of sp³-hybridized carbons (Fsp3) is 0.933. The third kappa shape index (κ3) is 5.39. The Balaban J connectivity index is 1.56. The minimum absolute atomic E-state index is 0.638. The van der Waals surface area contributed by atoms with Gasteiger partial charge in [-0.2, -0.15) is 0 Å². The first-order chi connectivity index (χ1) is 9.38. The van der Waals surface area contributed by atoms with Gasteiger partial charge in [0.25, 0.3) is 0 Å². The molecule has 4 nitrogen and oxygen atoms in total. The molecule has 2 N–H and O–H groups in total. The molecular weight excluding hydrogens is 236 g/mol. The van der Waals surface area contributed by atoms with Gasteiger partial charge < -0.3 is 15.5 Å². The molecule has 0 bridgehead atoms. The lowest BCUT2D eigenvalue weighted by molar-refractivity contribution is 0.333. The summed E-state index contributed by atoms with van der Waals surface area (Å²) in [5.74, 6) is 0.994. The molecule has 1 aliphatic heterocycles. The predicted molar refractivity (Wildman–Crippen MR) is 81.7 cm³/mol. The maximum Gasteiger partial charge on any atom is 0.191 e. The lowest BCUT2D eigenvalue weighted by Crippen LogP contribution is -2.44. The van der Waals surface area contributed by atoms with E-state index in [1.165, 1.54) is 71.0 Å². The second-order valence-electron chi connectivity index (χ2n) is 5.88. The van der Waals surface area contributed by atoms with Crippen molar-refractivity contribution in [3.05, 3.63) is 0 Å². The van der Waals surface area contributed by atoms with Crippen LogP contribution in [0.1, 0.15) is 51.4 Å². The molecule has 0 aromatic carbocycles. The maximum absolute atomic E-state index is 4.33. The van der Waals surface area contributed by atoms with Gasteiger partial charge in [0.1, 0.15) is 0 Å². The average molecular weight is 266 g/mol. The molecule has 0 amide bonds. The summed E-state index contributed by atoms with van der Waals surface area (Å²) >= 11 is 0. The molecule has 2 rings (SSSR count). The van der Waals surface area contributed by atoms with Crippen LogP contribution in [0, 0.1) is 0 Å².